The van der Waals surface area contributed by atoms with Gasteiger partial charge in [0.1, 0.15) is 6.04 Å². The smallest absolute Gasteiger partial charge is 0.245 e. The number of carbonyl (C=O) groups excluding carboxylic acids is 2. The lowest BCUT2D eigenvalue weighted by atomic mass is 9.95. The number of benzene rings is 3. The third-order valence-corrected chi connectivity index (χ3v) is 9.94. The molecule has 3 heterocycles. The molecule has 0 spiro atoms. The first kappa shape index (κ1) is 33.4. The van der Waals surface area contributed by atoms with E-state index in [2.05, 4.69) is 69.1 Å². The Labute approximate surface area is 283 Å². The number of morpholine rings is 1. The van der Waals surface area contributed by atoms with Gasteiger partial charge in [0, 0.05) is 82.1 Å². The minimum Gasteiger partial charge on any atom is -0.379 e. The molecule has 0 bridgehead atoms. The molecule has 0 aliphatic carbocycles. The van der Waals surface area contributed by atoms with Gasteiger partial charge < -0.3 is 30.5 Å². The first-order chi connectivity index (χ1) is 22.9. The molecule has 0 aromatic heterocycles. The number of halogens is 1. The fourth-order valence-electron chi connectivity index (χ4n) is 6.87. The summed E-state index contributed by atoms with van der Waals surface area (Å²) in [5, 5.41) is 10.9. The van der Waals surface area contributed by atoms with Crippen molar-refractivity contribution in [3.8, 4) is 0 Å². The SMILES string of the molecule is CC(NCCN1CCOCC1)c1ccccc1N1CCN(C(=O)[C@@H](Cc2ccc(Cl)cc2)NC(=O)[C@H]2Cc3ccccc3CN2)CC1. The van der Waals surface area contributed by atoms with Crippen molar-refractivity contribution in [2.45, 2.75) is 44.4 Å². The van der Waals surface area contributed by atoms with E-state index in [-0.39, 0.29) is 23.9 Å². The molecule has 47 heavy (non-hydrogen) atoms. The van der Waals surface area contributed by atoms with Crippen LogP contribution in [-0.2, 0) is 33.7 Å². The Bertz CT molecular complexity index is 1490. The van der Waals surface area contributed by atoms with Crippen molar-refractivity contribution in [1.29, 1.82) is 0 Å². The highest BCUT2D eigenvalue weighted by molar-refractivity contribution is 6.30. The lowest BCUT2D eigenvalue weighted by Gasteiger charge is -2.39. The normalized spacial score (nSPS) is 19.9. The van der Waals surface area contributed by atoms with Gasteiger partial charge in [0.15, 0.2) is 0 Å². The third kappa shape index (κ3) is 8.72. The van der Waals surface area contributed by atoms with Crippen LogP contribution in [0.2, 0.25) is 5.02 Å². The van der Waals surface area contributed by atoms with Crippen LogP contribution in [0.4, 0.5) is 5.69 Å². The Morgan fingerprint density at radius 1 is 0.915 bits per heavy atom. The van der Waals surface area contributed by atoms with Crippen molar-refractivity contribution in [2.24, 2.45) is 0 Å². The number of ether oxygens (including phenoxy) is 1. The molecule has 3 aromatic carbocycles. The monoisotopic (exact) mass is 658 g/mol. The molecule has 2 amide bonds. The molecule has 0 radical (unpaired) electrons. The van der Waals surface area contributed by atoms with Gasteiger partial charge in [0.25, 0.3) is 0 Å². The Balaban J connectivity index is 1.08. The zero-order valence-corrected chi connectivity index (χ0v) is 28.1. The number of nitrogens with zero attached hydrogens (tertiary/aromatic N) is 3. The second-order valence-corrected chi connectivity index (χ2v) is 13.2. The van der Waals surface area contributed by atoms with Crippen LogP contribution >= 0.6 is 11.6 Å². The highest BCUT2D eigenvalue weighted by Crippen LogP contribution is 2.27. The maximum Gasteiger partial charge on any atom is 0.245 e. The van der Waals surface area contributed by atoms with Crippen LogP contribution < -0.4 is 20.9 Å². The molecule has 3 aliphatic heterocycles. The first-order valence-electron chi connectivity index (χ1n) is 17.0. The number of amides is 2. The van der Waals surface area contributed by atoms with E-state index in [0.717, 1.165) is 58.0 Å². The Morgan fingerprint density at radius 2 is 1.62 bits per heavy atom. The van der Waals surface area contributed by atoms with E-state index in [1.54, 1.807) is 0 Å². The van der Waals surface area contributed by atoms with E-state index >= 15 is 0 Å². The van der Waals surface area contributed by atoms with Gasteiger partial charge in [0.2, 0.25) is 11.8 Å². The lowest BCUT2D eigenvalue weighted by Crippen LogP contribution is -2.58. The number of hydrogen-bond donors (Lipinski definition) is 3. The maximum atomic E-state index is 14.1. The zero-order valence-electron chi connectivity index (χ0n) is 27.3. The van der Waals surface area contributed by atoms with E-state index in [0.29, 0.717) is 37.5 Å². The summed E-state index contributed by atoms with van der Waals surface area (Å²) in [6.45, 7) is 11.0. The van der Waals surface area contributed by atoms with Crippen molar-refractivity contribution in [1.82, 2.24) is 25.8 Å². The summed E-state index contributed by atoms with van der Waals surface area (Å²) in [4.78, 5) is 34.4. The van der Waals surface area contributed by atoms with Gasteiger partial charge >= 0.3 is 0 Å². The van der Waals surface area contributed by atoms with E-state index in [1.807, 2.05) is 41.3 Å². The summed E-state index contributed by atoms with van der Waals surface area (Å²) < 4.78 is 5.48. The molecule has 10 heteroatoms. The standard InChI is InChI=1S/C37H47ClN6O3/c1-27(39-14-15-42-20-22-47-23-21-42)32-8-4-5-9-35(32)43-16-18-44(19-17-43)37(46)34(24-28-10-12-31(38)13-11-28)41-36(45)33-25-29-6-2-3-7-30(29)26-40-33/h2-13,27,33-34,39-40H,14-26H2,1H3,(H,41,45)/t27?,33-,34-/m1/s1. The van der Waals surface area contributed by atoms with Crippen LogP contribution in [-0.4, -0.2) is 99.3 Å². The molecule has 1 unspecified atom stereocenters. The van der Waals surface area contributed by atoms with Crippen LogP contribution in [0.3, 0.4) is 0 Å². The zero-order chi connectivity index (χ0) is 32.6. The molecular formula is C37H47ClN6O3. The van der Waals surface area contributed by atoms with Crippen LogP contribution in [0.5, 0.6) is 0 Å². The van der Waals surface area contributed by atoms with Crippen LogP contribution in [0.15, 0.2) is 72.8 Å². The number of anilines is 1. The predicted molar refractivity (Wildman–Crippen MR) is 187 cm³/mol. The van der Waals surface area contributed by atoms with Crippen molar-refractivity contribution in [3.05, 3.63) is 100 Å². The second kappa shape index (κ2) is 16.1. The van der Waals surface area contributed by atoms with Crippen LogP contribution in [0.25, 0.3) is 0 Å². The summed E-state index contributed by atoms with van der Waals surface area (Å²) in [7, 11) is 0. The Morgan fingerprint density at radius 3 is 2.38 bits per heavy atom. The van der Waals surface area contributed by atoms with Gasteiger partial charge in [-0.25, -0.2) is 0 Å². The summed E-state index contributed by atoms with van der Waals surface area (Å²) in [5.41, 5.74) is 5.81. The number of fused-ring (bicyclic) bond motifs is 1. The second-order valence-electron chi connectivity index (χ2n) is 12.8. The van der Waals surface area contributed by atoms with Gasteiger partial charge in [-0.15, -0.1) is 0 Å². The highest BCUT2D eigenvalue weighted by atomic mass is 35.5. The van der Waals surface area contributed by atoms with Gasteiger partial charge in [-0.1, -0.05) is 66.2 Å². The number of piperazine rings is 1. The Kier molecular flexibility index (Phi) is 11.4. The number of para-hydroxylation sites is 1. The molecule has 9 nitrogen and oxygen atoms in total. The fourth-order valence-corrected chi connectivity index (χ4v) is 7.00. The summed E-state index contributed by atoms with van der Waals surface area (Å²) in [5.74, 6) is -0.190. The molecule has 3 aromatic rings. The minimum atomic E-state index is -0.669. The van der Waals surface area contributed by atoms with Crippen molar-refractivity contribution >= 4 is 29.1 Å². The predicted octanol–water partition coefficient (Wildman–Crippen LogP) is 3.41. The van der Waals surface area contributed by atoms with Crippen LogP contribution in [0, 0.1) is 0 Å². The summed E-state index contributed by atoms with van der Waals surface area (Å²) in [6.07, 6.45) is 1.00. The number of rotatable bonds is 11. The Hall–Kier alpha value is -3.47. The average Bonchev–Trinajstić information content (AvgIpc) is 3.12. The number of carbonyl (C=O) groups is 2. The molecule has 6 rings (SSSR count). The first-order valence-corrected chi connectivity index (χ1v) is 17.3. The largest absolute Gasteiger partial charge is 0.379 e. The lowest BCUT2D eigenvalue weighted by molar-refractivity contribution is -0.137. The third-order valence-electron chi connectivity index (χ3n) is 9.68. The van der Waals surface area contributed by atoms with E-state index in [4.69, 9.17) is 16.3 Å². The summed E-state index contributed by atoms with van der Waals surface area (Å²) >= 11 is 6.14. The van der Waals surface area contributed by atoms with Gasteiger partial charge in [-0.05, 0) is 53.8 Å². The van der Waals surface area contributed by atoms with Crippen molar-refractivity contribution in [3.63, 3.8) is 0 Å². The molecular weight excluding hydrogens is 612 g/mol. The highest BCUT2D eigenvalue weighted by Gasteiger charge is 2.32. The summed E-state index contributed by atoms with van der Waals surface area (Å²) in [6, 6.07) is 23.4. The molecule has 2 saturated heterocycles. The molecule has 3 N–H and O–H groups in total. The molecule has 0 saturated carbocycles. The average molecular weight is 659 g/mol. The fraction of sp³-hybridized carbons (Fsp3) is 0.459. The van der Waals surface area contributed by atoms with E-state index in [9.17, 15) is 9.59 Å². The quantitative estimate of drug-likeness (QED) is 0.291. The van der Waals surface area contributed by atoms with Crippen molar-refractivity contribution in [2.75, 3.05) is 70.5 Å². The van der Waals surface area contributed by atoms with Crippen LogP contribution in [0.1, 0.15) is 35.2 Å². The van der Waals surface area contributed by atoms with Crippen molar-refractivity contribution < 1.29 is 14.3 Å². The topological polar surface area (TPSA) is 89.2 Å². The maximum absolute atomic E-state index is 14.1. The molecule has 250 valence electrons. The van der Waals surface area contributed by atoms with Gasteiger partial charge in [-0.3, -0.25) is 14.5 Å². The van der Waals surface area contributed by atoms with E-state index < -0.39 is 6.04 Å². The minimum absolute atomic E-state index is 0.0457. The molecule has 2 fully saturated rings. The van der Waals surface area contributed by atoms with Gasteiger partial charge in [-0.2, -0.15) is 0 Å². The number of nitrogens with one attached hydrogen (secondary N) is 3. The van der Waals surface area contributed by atoms with E-state index in [1.165, 1.54) is 22.4 Å². The molecule has 3 atom stereocenters. The molecule has 3 aliphatic rings. The van der Waals surface area contributed by atoms with Gasteiger partial charge in [0.05, 0.1) is 19.3 Å². The number of hydrogen-bond acceptors (Lipinski definition) is 7.